The molecule has 2 N–H and O–H groups in total. The number of thiazole rings is 1. The molecule has 0 radical (unpaired) electrons. The summed E-state index contributed by atoms with van der Waals surface area (Å²) in [6, 6.07) is 18.1. The number of rotatable bonds is 11. The van der Waals surface area contributed by atoms with Gasteiger partial charge in [-0.1, -0.05) is 60.4 Å². The van der Waals surface area contributed by atoms with E-state index in [0.717, 1.165) is 58.2 Å². The van der Waals surface area contributed by atoms with E-state index in [0.29, 0.717) is 19.5 Å². The first kappa shape index (κ1) is 30.8. The molecule has 6 rings (SSSR count). The summed E-state index contributed by atoms with van der Waals surface area (Å²) in [5.41, 5.74) is 3.74. The highest BCUT2D eigenvalue weighted by Crippen LogP contribution is 2.50. The Balaban J connectivity index is 1.43. The average Bonchev–Trinajstić information content (AvgIpc) is 3.67. The van der Waals surface area contributed by atoms with Crippen molar-refractivity contribution in [1.82, 2.24) is 0 Å². The Morgan fingerprint density at radius 3 is 2.50 bits per heavy atom. The van der Waals surface area contributed by atoms with Crippen molar-refractivity contribution >= 4 is 87.1 Å². The highest BCUT2D eigenvalue weighted by molar-refractivity contribution is 8.03. The van der Waals surface area contributed by atoms with E-state index in [9.17, 15) is 25.9 Å². The van der Waals surface area contributed by atoms with Crippen molar-refractivity contribution in [2.24, 2.45) is 0 Å². The Hall–Kier alpha value is -3.20. The summed E-state index contributed by atoms with van der Waals surface area (Å²) in [6.45, 7) is 2.86. The SMILES string of the molecule is CCC(/C=C1\Sc2ccc3ccccc3c2N1CCCS(=O)(=O)O)=C\c1sc2ccc3occc3c2[n+]1CCCS(=O)(=O)O. The molecule has 1 aliphatic rings. The molecule has 0 amide bonds. The van der Waals surface area contributed by atoms with Crippen molar-refractivity contribution in [3.63, 3.8) is 0 Å². The first-order valence-corrected chi connectivity index (χ1v) is 19.0. The molecule has 0 fully saturated rings. The van der Waals surface area contributed by atoms with Crippen LogP contribution in [0.25, 0.3) is 38.0 Å². The second-order valence-electron chi connectivity index (χ2n) is 10.6. The van der Waals surface area contributed by atoms with Crippen LogP contribution in [0, 0.1) is 0 Å². The highest BCUT2D eigenvalue weighted by atomic mass is 32.2. The molecule has 9 nitrogen and oxygen atoms in total. The van der Waals surface area contributed by atoms with Crippen LogP contribution in [0.15, 0.2) is 86.9 Å². The topological polar surface area (TPSA) is 129 Å². The van der Waals surface area contributed by atoms with Crippen molar-refractivity contribution in [2.75, 3.05) is 23.0 Å². The zero-order chi connectivity index (χ0) is 31.1. The number of hydrogen-bond acceptors (Lipinski definition) is 8. The summed E-state index contributed by atoms with van der Waals surface area (Å²) in [4.78, 5) is 3.21. The van der Waals surface area contributed by atoms with Gasteiger partial charge in [0.05, 0.1) is 33.9 Å². The Bertz CT molecular complexity index is 2160. The predicted octanol–water partition coefficient (Wildman–Crippen LogP) is 6.89. The number of thioether (sulfide) groups is 1. The van der Waals surface area contributed by atoms with Crippen LogP contribution in [0.1, 0.15) is 31.2 Å². The quantitative estimate of drug-likeness (QED) is 0.114. The monoisotopic (exact) mass is 671 g/mol. The molecule has 2 aromatic heterocycles. The molecule has 13 heteroatoms. The van der Waals surface area contributed by atoms with Gasteiger partial charge in [0.1, 0.15) is 10.3 Å². The number of aryl methyl sites for hydroxylation is 1. The molecule has 3 aromatic carbocycles. The molecule has 1 aliphatic heterocycles. The summed E-state index contributed by atoms with van der Waals surface area (Å²) < 4.78 is 73.5. The highest BCUT2D eigenvalue weighted by Gasteiger charge is 2.28. The fourth-order valence-corrected chi connectivity index (χ4v) is 8.90. The smallest absolute Gasteiger partial charge is 0.265 e. The molecule has 0 bridgehead atoms. The minimum atomic E-state index is -4.10. The van der Waals surface area contributed by atoms with Gasteiger partial charge < -0.3 is 9.32 Å². The van der Waals surface area contributed by atoms with E-state index in [1.165, 1.54) is 0 Å². The lowest BCUT2D eigenvalue weighted by atomic mass is 10.1. The number of fused-ring (bicyclic) bond motifs is 6. The molecule has 0 saturated carbocycles. The second-order valence-corrected chi connectivity index (χ2v) is 15.8. The third-order valence-corrected chi connectivity index (χ3v) is 11.3. The Morgan fingerprint density at radius 1 is 0.955 bits per heavy atom. The summed E-state index contributed by atoms with van der Waals surface area (Å²) in [7, 11) is -8.19. The van der Waals surface area contributed by atoms with Crippen molar-refractivity contribution in [2.45, 2.75) is 37.6 Å². The lowest BCUT2D eigenvalue weighted by Gasteiger charge is -2.22. The molecule has 0 saturated heterocycles. The molecule has 0 aliphatic carbocycles. The van der Waals surface area contributed by atoms with Crippen molar-refractivity contribution in [3.05, 3.63) is 82.5 Å². The fourth-order valence-electron chi connectivity index (χ4n) is 5.55. The summed E-state index contributed by atoms with van der Waals surface area (Å²) in [5, 5.41) is 4.97. The number of benzene rings is 3. The maximum Gasteiger partial charge on any atom is 0.265 e. The van der Waals surface area contributed by atoms with E-state index in [-0.39, 0.29) is 24.3 Å². The van der Waals surface area contributed by atoms with E-state index in [1.54, 1.807) is 29.4 Å². The number of aromatic nitrogens is 1. The van der Waals surface area contributed by atoms with E-state index >= 15 is 0 Å². The number of anilines is 1. The minimum absolute atomic E-state index is 0.243. The van der Waals surface area contributed by atoms with E-state index in [1.807, 2.05) is 30.3 Å². The number of hydrogen-bond donors (Lipinski definition) is 2. The molecule has 0 spiro atoms. The van der Waals surface area contributed by atoms with Crippen LogP contribution in [0.5, 0.6) is 0 Å². The minimum Gasteiger partial charge on any atom is -0.464 e. The summed E-state index contributed by atoms with van der Waals surface area (Å²) in [5.74, 6) is -0.667. The average molecular weight is 672 g/mol. The van der Waals surface area contributed by atoms with Crippen LogP contribution in [0.2, 0.25) is 0 Å². The van der Waals surface area contributed by atoms with Gasteiger partial charge in [-0.05, 0) is 54.1 Å². The van der Waals surface area contributed by atoms with Gasteiger partial charge in [0, 0.05) is 29.3 Å². The summed E-state index contributed by atoms with van der Waals surface area (Å²) >= 11 is 3.22. The van der Waals surface area contributed by atoms with Crippen molar-refractivity contribution in [1.29, 1.82) is 0 Å². The fraction of sp³-hybridized carbons (Fsp3) is 0.258. The van der Waals surface area contributed by atoms with Gasteiger partial charge in [-0.2, -0.15) is 21.4 Å². The van der Waals surface area contributed by atoms with Gasteiger partial charge in [-0.15, -0.1) is 0 Å². The van der Waals surface area contributed by atoms with E-state index in [4.69, 9.17) is 4.42 Å². The first-order chi connectivity index (χ1) is 21.0. The first-order valence-electron chi connectivity index (χ1n) is 14.1. The molecule has 0 unspecified atom stereocenters. The molecule has 3 heterocycles. The Morgan fingerprint density at radius 2 is 1.73 bits per heavy atom. The van der Waals surface area contributed by atoms with Crippen LogP contribution < -0.4 is 9.47 Å². The molecule has 5 aromatic rings. The van der Waals surface area contributed by atoms with Gasteiger partial charge in [0.25, 0.3) is 25.2 Å². The van der Waals surface area contributed by atoms with Gasteiger partial charge in [0.15, 0.2) is 6.54 Å². The van der Waals surface area contributed by atoms with Crippen LogP contribution in [0.4, 0.5) is 5.69 Å². The molecular weight excluding hydrogens is 641 g/mol. The molecular formula is C31H31N2O7S4+. The zero-order valence-electron chi connectivity index (χ0n) is 23.8. The number of allylic oxidation sites excluding steroid dienone is 2. The van der Waals surface area contributed by atoms with Crippen LogP contribution in [-0.4, -0.2) is 44.0 Å². The third kappa shape index (κ3) is 6.58. The van der Waals surface area contributed by atoms with Crippen molar-refractivity contribution in [3.8, 4) is 0 Å². The maximum atomic E-state index is 11.5. The van der Waals surface area contributed by atoms with Crippen LogP contribution in [0.3, 0.4) is 0 Å². The maximum absolute atomic E-state index is 11.5. The Labute approximate surface area is 264 Å². The van der Waals surface area contributed by atoms with Gasteiger partial charge >= 0.3 is 0 Å². The van der Waals surface area contributed by atoms with Gasteiger partial charge in [-0.25, -0.2) is 0 Å². The standard InChI is InChI=1S/C31H30N2O7S4/c1-2-21(20-29-33(15-6-18-44(37,38)39)31-24-13-16-40-25(24)10-12-27(31)42-29)19-28-32(14-5-17-43(34,35)36)30-23-8-4-3-7-22(23)9-11-26(30)41-28/h3-4,7-13,16,19-20H,2,5-6,14-15,17-18H2,1H3,(H-,34,35,36,37,38,39)/p+1. The van der Waals surface area contributed by atoms with Crippen LogP contribution >= 0.6 is 23.1 Å². The van der Waals surface area contributed by atoms with Gasteiger partial charge in [0.2, 0.25) is 5.52 Å². The lowest BCUT2D eigenvalue weighted by Crippen LogP contribution is -2.36. The largest absolute Gasteiger partial charge is 0.464 e. The lowest BCUT2D eigenvalue weighted by molar-refractivity contribution is -0.667. The molecule has 0 atom stereocenters. The number of furan rings is 1. The predicted molar refractivity (Wildman–Crippen MR) is 177 cm³/mol. The van der Waals surface area contributed by atoms with E-state index in [2.05, 4.69) is 52.8 Å². The normalized spacial score (nSPS) is 15.3. The third-order valence-electron chi connectivity index (χ3n) is 7.53. The van der Waals surface area contributed by atoms with Crippen molar-refractivity contribution < 1.29 is 34.9 Å². The molecule has 44 heavy (non-hydrogen) atoms. The number of nitrogens with zero attached hydrogens (tertiary/aromatic N) is 2. The molecule has 230 valence electrons. The zero-order valence-corrected chi connectivity index (χ0v) is 27.1. The van der Waals surface area contributed by atoms with Crippen LogP contribution in [-0.2, 0) is 26.8 Å². The van der Waals surface area contributed by atoms with Gasteiger partial charge in [-0.3, -0.25) is 9.11 Å². The summed E-state index contributed by atoms with van der Waals surface area (Å²) in [6.07, 6.45) is 7.07. The van der Waals surface area contributed by atoms with E-state index < -0.39 is 20.2 Å². The second kappa shape index (κ2) is 12.3. The Kier molecular flexibility index (Phi) is 8.61.